The summed E-state index contributed by atoms with van der Waals surface area (Å²) in [4.78, 5) is 20.0. The zero-order chi connectivity index (χ0) is 18.3. The van der Waals surface area contributed by atoms with Crippen LogP contribution in [0, 0.1) is 18.3 Å². The first kappa shape index (κ1) is 16.2. The standard InChI is InChI=1S/C20H18N6/c1-13-5-4-6-16(24-13)18-23-11-15-19(25-18)26(12-20(15,2)3)17-7-8-22-10-14(17)9-21/h4-8,10-11H,12H2,1-3H3. The average Bonchev–Trinajstić information content (AvgIpc) is 2.92. The fraction of sp³-hybridized carbons (Fsp3) is 0.250. The van der Waals surface area contributed by atoms with Crippen molar-refractivity contribution in [2.75, 3.05) is 11.4 Å². The minimum atomic E-state index is -0.121. The van der Waals surface area contributed by atoms with Gasteiger partial charge in [-0.05, 0) is 25.1 Å². The Kier molecular flexibility index (Phi) is 3.66. The summed E-state index contributed by atoms with van der Waals surface area (Å²) in [5.41, 5.74) is 3.96. The molecule has 0 aromatic carbocycles. The molecule has 3 aromatic heterocycles. The minimum Gasteiger partial charge on any atom is -0.324 e. The number of nitrogens with zero attached hydrogens (tertiary/aromatic N) is 6. The maximum Gasteiger partial charge on any atom is 0.180 e. The molecule has 0 bridgehead atoms. The molecule has 26 heavy (non-hydrogen) atoms. The Morgan fingerprint density at radius 3 is 2.77 bits per heavy atom. The van der Waals surface area contributed by atoms with Gasteiger partial charge in [-0.3, -0.25) is 4.98 Å². The van der Waals surface area contributed by atoms with E-state index in [-0.39, 0.29) is 5.41 Å². The van der Waals surface area contributed by atoms with Crippen LogP contribution in [0.3, 0.4) is 0 Å². The Bertz CT molecular complexity index is 1030. The Morgan fingerprint density at radius 2 is 2.00 bits per heavy atom. The highest BCUT2D eigenvalue weighted by molar-refractivity contribution is 5.73. The maximum absolute atomic E-state index is 9.46. The van der Waals surface area contributed by atoms with Crippen LogP contribution < -0.4 is 4.90 Å². The van der Waals surface area contributed by atoms with Crippen LogP contribution >= 0.6 is 0 Å². The third-order valence-electron chi connectivity index (χ3n) is 4.63. The van der Waals surface area contributed by atoms with Gasteiger partial charge < -0.3 is 4.90 Å². The summed E-state index contributed by atoms with van der Waals surface area (Å²) in [6.45, 7) is 6.99. The van der Waals surface area contributed by atoms with E-state index in [2.05, 4.69) is 39.8 Å². The van der Waals surface area contributed by atoms with Crippen LogP contribution in [-0.4, -0.2) is 26.5 Å². The largest absolute Gasteiger partial charge is 0.324 e. The van der Waals surface area contributed by atoms with Crippen molar-refractivity contribution in [3.63, 3.8) is 0 Å². The van der Waals surface area contributed by atoms with E-state index in [4.69, 9.17) is 4.98 Å². The van der Waals surface area contributed by atoms with E-state index in [0.717, 1.165) is 35.0 Å². The number of hydrogen-bond donors (Lipinski definition) is 0. The van der Waals surface area contributed by atoms with Gasteiger partial charge in [-0.2, -0.15) is 5.26 Å². The van der Waals surface area contributed by atoms with Crippen molar-refractivity contribution >= 4 is 11.5 Å². The average molecular weight is 342 g/mol. The molecular weight excluding hydrogens is 324 g/mol. The molecule has 3 aromatic rings. The number of fused-ring (bicyclic) bond motifs is 1. The highest BCUT2D eigenvalue weighted by Crippen LogP contribution is 2.43. The molecule has 0 aliphatic carbocycles. The van der Waals surface area contributed by atoms with Gasteiger partial charge in [-0.15, -0.1) is 0 Å². The Balaban J connectivity index is 1.88. The van der Waals surface area contributed by atoms with Crippen molar-refractivity contribution in [2.24, 2.45) is 0 Å². The molecule has 4 heterocycles. The second-order valence-electron chi connectivity index (χ2n) is 7.07. The molecule has 0 N–H and O–H groups in total. The van der Waals surface area contributed by atoms with Gasteiger partial charge in [0.05, 0.1) is 11.3 Å². The highest BCUT2D eigenvalue weighted by atomic mass is 15.2. The van der Waals surface area contributed by atoms with Gasteiger partial charge in [0.2, 0.25) is 0 Å². The number of rotatable bonds is 2. The lowest BCUT2D eigenvalue weighted by Gasteiger charge is -2.22. The van der Waals surface area contributed by atoms with Crippen LogP contribution in [-0.2, 0) is 5.41 Å². The molecule has 4 rings (SSSR count). The number of pyridine rings is 2. The first-order valence-electron chi connectivity index (χ1n) is 8.43. The zero-order valence-corrected chi connectivity index (χ0v) is 14.9. The monoisotopic (exact) mass is 342 g/mol. The zero-order valence-electron chi connectivity index (χ0n) is 14.9. The van der Waals surface area contributed by atoms with Gasteiger partial charge >= 0.3 is 0 Å². The predicted octanol–water partition coefficient (Wildman–Crippen LogP) is 3.54. The molecule has 0 unspecified atom stereocenters. The fourth-order valence-electron chi connectivity index (χ4n) is 3.31. The Hall–Kier alpha value is -3.33. The summed E-state index contributed by atoms with van der Waals surface area (Å²) in [7, 11) is 0. The lowest BCUT2D eigenvalue weighted by molar-refractivity contribution is 0.567. The van der Waals surface area contributed by atoms with Gasteiger partial charge in [0.1, 0.15) is 17.6 Å². The van der Waals surface area contributed by atoms with Crippen LogP contribution in [0.25, 0.3) is 11.5 Å². The van der Waals surface area contributed by atoms with E-state index < -0.39 is 0 Å². The van der Waals surface area contributed by atoms with Crippen molar-refractivity contribution in [1.82, 2.24) is 19.9 Å². The molecule has 6 heteroatoms. The van der Waals surface area contributed by atoms with Crippen LogP contribution in [0.15, 0.2) is 42.9 Å². The smallest absolute Gasteiger partial charge is 0.180 e. The quantitative estimate of drug-likeness (QED) is 0.709. The number of anilines is 2. The first-order chi connectivity index (χ1) is 12.5. The second-order valence-corrected chi connectivity index (χ2v) is 7.07. The van der Waals surface area contributed by atoms with Crippen LogP contribution in [0.2, 0.25) is 0 Å². The van der Waals surface area contributed by atoms with E-state index in [9.17, 15) is 5.26 Å². The first-order valence-corrected chi connectivity index (χ1v) is 8.43. The topological polar surface area (TPSA) is 78.6 Å². The van der Waals surface area contributed by atoms with E-state index >= 15 is 0 Å². The highest BCUT2D eigenvalue weighted by Gasteiger charge is 2.38. The predicted molar refractivity (Wildman–Crippen MR) is 99.0 cm³/mol. The number of hydrogen-bond acceptors (Lipinski definition) is 6. The molecule has 0 atom stereocenters. The van der Waals surface area contributed by atoms with Gasteiger partial charge in [0, 0.05) is 41.8 Å². The van der Waals surface area contributed by atoms with E-state index in [1.54, 1.807) is 12.4 Å². The summed E-state index contributed by atoms with van der Waals surface area (Å²) in [5, 5.41) is 9.46. The summed E-state index contributed by atoms with van der Waals surface area (Å²) in [6.07, 6.45) is 5.17. The SMILES string of the molecule is Cc1cccc(-c2ncc3c(n2)N(c2ccncc2C#N)CC3(C)C)n1. The Morgan fingerprint density at radius 1 is 1.15 bits per heavy atom. The molecular formula is C20H18N6. The lowest BCUT2D eigenvalue weighted by atomic mass is 9.89. The number of nitriles is 1. The number of aryl methyl sites for hydroxylation is 1. The molecule has 128 valence electrons. The molecule has 1 aliphatic rings. The molecule has 1 aliphatic heterocycles. The summed E-state index contributed by atoms with van der Waals surface area (Å²) >= 11 is 0. The van der Waals surface area contributed by atoms with Gasteiger partial charge in [0.15, 0.2) is 5.82 Å². The normalized spacial score (nSPS) is 14.8. The maximum atomic E-state index is 9.46. The lowest BCUT2D eigenvalue weighted by Crippen LogP contribution is -2.25. The minimum absolute atomic E-state index is 0.121. The van der Waals surface area contributed by atoms with E-state index in [1.165, 1.54) is 0 Å². The summed E-state index contributed by atoms with van der Waals surface area (Å²) in [5.74, 6) is 1.41. The molecule has 0 spiro atoms. The van der Waals surface area contributed by atoms with Crippen molar-refractivity contribution in [1.29, 1.82) is 5.26 Å². The third kappa shape index (κ3) is 2.58. The summed E-state index contributed by atoms with van der Waals surface area (Å²) in [6, 6.07) is 9.89. The Labute approximate surface area is 152 Å². The fourth-order valence-corrected chi connectivity index (χ4v) is 3.31. The molecule has 0 saturated carbocycles. The van der Waals surface area contributed by atoms with Gasteiger partial charge in [-0.1, -0.05) is 19.9 Å². The van der Waals surface area contributed by atoms with Crippen molar-refractivity contribution in [2.45, 2.75) is 26.2 Å². The van der Waals surface area contributed by atoms with Gasteiger partial charge in [-0.25, -0.2) is 15.0 Å². The van der Waals surface area contributed by atoms with Gasteiger partial charge in [0.25, 0.3) is 0 Å². The van der Waals surface area contributed by atoms with Crippen molar-refractivity contribution < 1.29 is 0 Å². The van der Waals surface area contributed by atoms with Crippen LogP contribution in [0.1, 0.15) is 30.7 Å². The molecule has 0 fully saturated rings. The molecule has 6 nitrogen and oxygen atoms in total. The molecule has 0 radical (unpaired) electrons. The molecule has 0 saturated heterocycles. The van der Waals surface area contributed by atoms with E-state index in [0.29, 0.717) is 11.4 Å². The second kappa shape index (κ2) is 5.88. The third-order valence-corrected chi connectivity index (χ3v) is 4.63. The van der Waals surface area contributed by atoms with E-state index in [1.807, 2.05) is 37.4 Å². The van der Waals surface area contributed by atoms with Crippen LogP contribution in [0.5, 0.6) is 0 Å². The van der Waals surface area contributed by atoms with Crippen molar-refractivity contribution in [3.05, 3.63) is 59.7 Å². The van der Waals surface area contributed by atoms with Crippen molar-refractivity contribution in [3.8, 4) is 17.6 Å². The summed E-state index contributed by atoms with van der Waals surface area (Å²) < 4.78 is 0. The van der Waals surface area contributed by atoms with Crippen LogP contribution in [0.4, 0.5) is 11.5 Å². The molecule has 0 amide bonds. The number of aromatic nitrogens is 4.